The molecule has 1 amide bonds. The fourth-order valence-corrected chi connectivity index (χ4v) is 5.16. The maximum absolute atomic E-state index is 13.4. The zero-order chi connectivity index (χ0) is 22.1. The Balaban J connectivity index is 2.20. The van der Waals surface area contributed by atoms with Crippen LogP contribution in [0.5, 0.6) is 11.5 Å². The second kappa shape index (κ2) is 8.23. The van der Waals surface area contributed by atoms with Crippen molar-refractivity contribution < 1.29 is 22.7 Å². The average molecular weight is 429 g/mol. The summed E-state index contributed by atoms with van der Waals surface area (Å²) >= 11 is 0. The van der Waals surface area contributed by atoms with Crippen LogP contribution in [-0.2, 0) is 14.8 Å². The summed E-state index contributed by atoms with van der Waals surface area (Å²) in [5.74, 6) is 0.125. The van der Waals surface area contributed by atoms with E-state index >= 15 is 0 Å². The molecule has 0 atom stereocenters. The Bertz CT molecular complexity index is 1150. The van der Waals surface area contributed by atoms with Crippen LogP contribution in [0.25, 0.3) is 5.57 Å². The summed E-state index contributed by atoms with van der Waals surface area (Å²) in [7, 11) is -1.16. The Hall–Kier alpha value is -3.26. The van der Waals surface area contributed by atoms with Gasteiger partial charge in [0.1, 0.15) is 0 Å². The van der Waals surface area contributed by atoms with Crippen molar-refractivity contribution in [1.82, 2.24) is 0 Å². The molecular formula is C22H24N2O5S. The second-order valence-electron chi connectivity index (χ2n) is 6.83. The number of aryl methyl sites for hydroxylation is 1. The minimum atomic E-state index is -4.13. The monoisotopic (exact) mass is 428 g/mol. The van der Waals surface area contributed by atoms with E-state index in [4.69, 9.17) is 9.47 Å². The number of allylic oxidation sites excluding steroid dienone is 1. The normalized spacial score (nSPS) is 14.7. The molecule has 0 saturated heterocycles. The predicted octanol–water partition coefficient (Wildman–Crippen LogP) is 3.72. The lowest BCUT2D eigenvalue weighted by Gasteiger charge is -2.32. The third-order valence-corrected chi connectivity index (χ3v) is 6.77. The molecule has 0 unspecified atom stereocenters. The number of nitrogens with one attached hydrogen (secondary N) is 1. The number of rotatable bonds is 6. The van der Waals surface area contributed by atoms with Crippen LogP contribution in [0.3, 0.4) is 0 Å². The van der Waals surface area contributed by atoms with E-state index in [9.17, 15) is 13.2 Å². The third kappa shape index (κ3) is 3.66. The van der Waals surface area contributed by atoms with Gasteiger partial charge in [-0.15, -0.1) is 6.58 Å². The lowest BCUT2D eigenvalue weighted by Crippen LogP contribution is -2.39. The Morgan fingerprint density at radius 1 is 1.13 bits per heavy atom. The number of nitrogens with zero attached hydrogens (tertiary/aromatic N) is 1. The lowest BCUT2D eigenvalue weighted by atomic mass is 10.0. The van der Waals surface area contributed by atoms with E-state index in [1.165, 1.54) is 20.3 Å². The number of anilines is 2. The lowest BCUT2D eigenvalue weighted by molar-refractivity contribution is -0.112. The highest BCUT2D eigenvalue weighted by Crippen LogP contribution is 2.45. The van der Waals surface area contributed by atoms with Crippen LogP contribution in [0.15, 0.2) is 54.0 Å². The van der Waals surface area contributed by atoms with Gasteiger partial charge in [-0.3, -0.25) is 9.10 Å². The van der Waals surface area contributed by atoms with Gasteiger partial charge in [-0.25, -0.2) is 8.42 Å². The summed E-state index contributed by atoms with van der Waals surface area (Å²) in [6, 6.07) is 10.4. The molecule has 0 radical (unpaired) electrons. The molecule has 158 valence electrons. The predicted molar refractivity (Wildman–Crippen MR) is 118 cm³/mol. The number of ether oxygens (including phenoxy) is 2. The van der Waals surface area contributed by atoms with Crippen LogP contribution in [0, 0.1) is 6.92 Å². The molecule has 0 bridgehead atoms. The molecule has 7 nitrogen and oxygen atoms in total. The molecule has 8 heteroatoms. The number of hydrogen-bond donors (Lipinski definition) is 1. The zero-order valence-electron chi connectivity index (χ0n) is 17.4. The Labute approximate surface area is 176 Å². The molecule has 1 heterocycles. The van der Waals surface area contributed by atoms with Crippen molar-refractivity contribution in [3.8, 4) is 11.5 Å². The number of amides is 1. The van der Waals surface area contributed by atoms with E-state index in [2.05, 4.69) is 11.9 Å². The number of fused-ring (bicyclic) bond motifs is 1. The van der Waals surface area contributed by atoms with E-state index in [1.807, 2.05) is 13.0 Å². The summed E-state index contributed by atoms with van der Waals surface area (Å²) in [6.07, 6.45) is 1.47. The first-order valence-corrected chi connectivity index (χ1v) is 10.7. The second-order valence-corrected chi connectivity index (χ2v) is 8.63. The van der Waals surface area contributed by atoms with Crippen molar-refractivity contribution in [3.05, 3.63) is 65.1 Å². The molecule has 0 saturated carbocycles. The van der Waals surface area contributed by atoms with Crippen molar-refractivity contribution in [2.75, 3.05) is 30.4 Å². The maximum Gasteiger partial charge on any atom is 0.270 e. The molecule has 0 fully saturated rings. The minimum absolute atomic E-state index is 0.000673. The van der Waals surface area contributed by atoms with Crippen LogP contribution in [-0.4, -0.2) is 35.1 Å². The molecule has 0 aromatic heterocycles. The van der Waals surface area contributed by atoms with E-state index < -0.39 is 15.9 Å². The van der Waals surface area contributed by atoms with Crippen molar-refractivity contribution in [2.45, 2.75) is 13.8 Å². The molecule has 30 heavy (non-hydrogen) atoms. The first kappa shape index (κ1) is 21.4. The van der Waals surface area contributed by atoms with Crippen molar-refractivity contribution in [3.63, 3.8) is 0 Å². The van der Waals surface area contributed by atoms with Crippen LogP contribution < -0.4 is 19.1 Å². The molecule has 2 aromatic rings. The molecule has 1 aliphatic heterocycles. The summed E-state index contributed by atoms with van der Waals surface area (Å²) in [6.45, 7) is 7.15. The van der Waals surface area contributed by atoms with Gasteiger partial charge in [0.15, 0.2) is 16.4 Å². The van der Waals surface area contributed by atoms with Gasteiger partial charge in [0.05, 0.1) is 26.5 Å². The molecule has 3 rings (SSSR count). The average Bonchev–Trinajstić information content (AvgIpc) is 2.70. The number of sulfonamides is 1. The first-order valence-electron chi connectivity index (χ1n) is 9.23. The Kier molecular flexibility index (Phi) is 5.89. The number of methoxy groups -OCH3 is 2. The van der Waals surface area contributed by atoms with Gasteiger partial charge in [0.25, 0.3) is 15.9 Å². The third-order valence-electron chi connectivity index (χ3n) is 4.84. The molecule has 2 aromatic carbocycles. The molecule has 1 N–H and O–H groups in total. The largest absolute Gasteiger partial charge is 0.493 e. The molecule has 1 aliphatic rings. The molecule has 0 spiro atoms. The van der Waals surface area contributed by atoms with Crippen molar-refractivity contribution >= 4 is 32.9 Å². The summed E-state index contributed by atoms with van der Waals surface area (Å²) < 4.78 is 38.7. The van der Waals surface area contributed by atoms with Crippen molar-refractivity contribution in [1.29, 1.82) is 0 Å². The number of carbonyl (C=O) groups excluding carboxylic acids is 1. The van der Waals surface area contributed by atoms with Gasteiger partial charge in [-0.2, -0.15) is 0 Å². The van der Waals surface area contributed by atoms with Gasteiger partial charge in [-0.1, -0.05) is 18.2 Å². The summed E-state index contributed by atoms with van der Waals surface area (Å²) in [5.41, 5.74) is 2.76. The van der Waals surface area contributed by atoms with Crippen LogP contribution >= 0.6 is 0 Å². The summed E-state index contributed by atoms with van der Waals surface area (Å²) in [5, 5.41) is 2.70. The molecule has 0 aliphatic carbocycles. The summed E-state index contributed by atoms with van der Waals surface area (Å²) in [4.78, 5) is 12.8. The SMILES string of the molecule is C=CCN1c2cc(OC)c(OC)cc2C(C)=C(C(=O)Nc2cccc(C)c2)S1(=O)=O. The van der Waals surface area contributed by atoms with Crippen molar-refractivity contribution in [2.24, 2.45) is 0 Å². The highest BCUT2D eigenvalue weighted by Gasteiger charge is 2.39. The number of carbonyl (C=O) groups is 1. The number of benzene rings is 2. The highest BCUT2D eigenvalue weighted by molar-refractivity contribution is 7.97. The molecular weight excluding hydrogens is 404 g/mol. The highest BCUT2D eigenvalue weighted by atomic mass is 32.2. The van der Waals surface area contributed by atoms with Gasteiger partial charge in [0, 0.05) is 17.3 Å². The van der Waals surface area contributed by atoms with Crippen LogP contribution in [0.2, 0.25) is 0 Å². The van der Waals surface area contributed by atoms with E-state index in [-0.39, 0.29) is 11.4 Å². The van der Waals surface area contributed by atoms with Gasteiger partial charge in [0.2, 0.25) is 0 Å². The minimum Gasteiger partial charge on any atom is -0.493 e. The van der Waals surface area contributed by atoms with Crippen LogP contribution in [0.1, 0.15) is 18.1 Å². The van der Waals surface area contributed by atoms with Gasteiger partial charge >= 0.3 is 0 Å². The van der Waals surface area contributed by atoms with Gasteiger partial charge in [-0.05, 0) is 43.2 Å². The smallest absolute Gasteiger partial charge is 0.270 e. The topological polar surface area (TPSA) is 84.9 Å². The van der Waals surface area contributed by atoms with E-state index in [0.717, 1.165) is 9.87 Å². The number of hydrogen-bond acceptors (Lipinski definition) is 5. The standard InChI is InChI=1S/C22H24N2O5S/c1-6-10-24-18-13-20(29-5)19(28-4)12-17(18)15(3)21(30(24,26)27)22(25)23-16-9-7-8-14(2)11-16/h6-9,11-13H,1,10H2,2-5H3,(H,23,25). The van der Waals surface area contributed by atoms with Gasteiger partial charge < -0.3 is 14.8 Å². The fourth-order valence-electron chi connectivity index (χ4n) is 3.44. The van der Waals surface area contributed by atoms with E-state index in [1.54, 1.807) is 37.3 Å². The Morgan fingerprint density at radius 3 is 2.40 bits per heavy atom. The van der Waals surface area contributed by atoms with Crippen LogP contribution in [0.4, 0.5) is 11.4 Å². The Morgan fingerprint density at radius 2 is 1.80 bits per heavy atom. The quantitative estimate of drug-likeness (QED) is 0.709. The van der Waals surface area contributed by atoms with E-state index in [0.29, 0.717) is 34.0 Å². The maximum atomic E-state index is 13.4. The zero-order valence-corrected chi connectivity index (χ0v) is 18.2. The fraction of sp³-hybridized carbons (Fsp3) is 0.227. The first-order chi connectivity index (χ1) is 14.2.